The molecule has 0 atom stereocenters. The smallest absolute Gasteiger partial charge is 0.368 e. The molecule has 0 saturated heterocycles. The van der Waals surface area contributed by atoms with Crippen molar-refractivity contribution in [1.82, 2.24) is 4.98 Å². The molecule has 0 bridgehead atoms. The highest BCUT2D eigenvalue weighted by Crippen LogP contribution is 2.32. The fourth-order valence-corrected chi connectivity index (χ4v) is 2.27. The number of anilines is 2. The molecule has 0 aliphatic carbocycles. The van der Waals surface area contributed by atoms with Crippen LogP contribution in [0.1, 0.15) is 22.3 Å². The minimum absolute atomic E-state index is 0.00439. The van der Waals surface area contributed by atoms with E-state index in [-0.39, 0.29) is 35.1 Å². The summed E-state index contributed by atoms with van der Waals surface area (Å²) in [5, 5.41) is 4.84. The molecule has 0 spiro atoms. The van der Waals surface area contributed by atoms with Crippen LogP contribution in [0.25, 0.3) is 0 Å². The minimum Gasteiger partial charge on any atom is -0.368 e. The number of aromatic nitrogens is 1. The third kappa shape index (κ3) is 5.55. The van der Waals surface area contributed by atoms with Gasteiger partial charge in [-0.15, -0.1) is 0 Å². The summed E-state index contributed by atoms with van der Waals surface area (Å²) in [5.41, 5.74) is 3.83. The van der Waals surface area contributed by atoms with Crippen molar-refractivity contribution in [3.05, 3.63) is 52.4 Å². The zero-order chi connectivity index (χ0) is 20.2. The van der Waals surface area contributed by atoms with E-state index in [2.05, 4.69) is 15.6 Å². The average Bonchev–Trinajstić information content (AvgIpc) is 2.57. The van der Waals surface area contributed by atoms with Gasteiger partial charge in [0, 0.05) is 24.8 Å². The van der Waals surface area contributed by atoms with Crippen LogP contribution in [0.15, 0.2) is 30.5 Å². The highest BCUT2D eigenvalue weighted by molar-refractivity contribution is 6.33. The molecular formula is C16H13ClF4N4O2. The van der Waals surface area contributed by atoms with Crippen molar-refractivity contribution >= 4 is 34.9 Å². The van der Waals surface area contributed by atoms with Gasteiger partial charge >= 0.3 is 6.18 Å². The number of nitrogens with two attached hydrogens (primary N) is 1. The molecule has 2 aromatic rings. The van der Waals surface area contributed by atoms with E-state index in [0.29, 0.717) is 6.20 Å². The maximum Gasteiger partial charge on any atom is 0.417 e. The third-order valence-corrected chi connectivity index (χ3v) is 3.62. The Morgan fingerprint density at radius 3 is 2.52 bits per heavy atom. The highest BCUT2D eigenvalue weighted by Gasteiger charge is 2.31. The van der Waals surface area contributed by atoms with E-state index in [4.69, 9.17) is 17.3 Å². The summed E-state index contributed by atoms with van der Waals surface area (Å²) in [6.45, 7) is 0.0216. The molecule has 1 aromatic carbocycles. The Balaban J connectivity index is 1.91. The SMILES string of the molecule is NC(=O)c1cc(NC(=O)CCNc2ncc(C(F)(F)F)cc2Cl)ccc1F. The van der Waals surface area contributed by atoms with Gasteiger partial charge in [-0.05, 0) is 24.3 Å². The van der Waals surface area contributed by atoms with Crippen molar-refractivity contribution in [2.75, 3.05) is 17.2 Å². The number of nitrogens with one attached hydrogen (secondary N) is 2. The summed E-state index contributed by atoms with van der Waals surface area (Å²) >= 11 is 5.74. The van der Waals surface area contributed by atoms with E-state index < -0.39 is 29.4 Å². The molecule has 4 N–H and O–H groups in total. The predicted octanol–water partition coefficient (Wildman–Crippen LogP) is 3.43. The van der Waals surface area contributed by atoms with Crippen LogP contribution in [0.5, 0.6) is 0 Å². The lowest BCUT2D eigenvalue weighted by Crippen LogP contribution is -2.18. The standard InChI is InChI=1S/C16H13ClF4N4O2/c17-11-5-8(16(19,20)21)7-24-15(11)23-4-3-13(26)25-9-1-2-12(18)10(6-9)14(22)27/h1-2,5-7H,3-4H2,(H2,22,27)(H,23,24)(H,25,26). The molecule has 0 saturated carbocycles. The number of alkyl halides is 3. The molecule has 0 unspecified atom stereocenters. The molecule has 0 aliphatic rings. The summed E-state index contributed by atoms with van der Waals surface area (Å²) in [4.78, 5) is 26.5. The fourth-order valence-electron chi connectivity index (χ4n) is 2.03. The first-order valence-corrected chi connectivity index (χ1v) is 7.81. The largest absolute Gasteiger partial charge is 0.417 e. The van der Waals surface area contributed by atoms with E-state index in [1.54, 1.807) is 0 Å². The van der Waals surface area contributed by atoms with Crippen LogP contribution >= 0.6 is 11.6 Å². The second kappa shape index (κ2) is 8.21. The van der Waals surface area contributed by atoms with Gasteiger partial charge in [0.1, 0.15) is 11.6 Å². The van der Waals surface area contributed by atoms with E-state index in [0.717, 1.165) is 18.2 Å². The molecule has 2 rings (SSSR count). The second-order valence-corrected chi connectivity index (χ2v) is 5.74. The number of hydrogen-bond acceptors (Lipinski definition) is 4. The molecule has 6 nitrogen and oxygen atoms in total. The number of pyridine rings is 1. The Morgan fingerprint density at radius 2 is 1.93 bits per heavy atom. The lowest BCUT2D eigenvalue weighted by molar-refractivity contribution is -0.137. The van der Waals surface area contributed by atoms with Gasteiger partial charge in [-0.25, -0.2) is 9.37 Å². The van der Waals surface area contributed by atoms with Crippen LogP contribution in [-0.4, -0.2) is 23.3 Å². The van der Waals surface area contributed by atoms with Gasteiger partial charge in [-0.1, -0.05) is 11.6 Å². The van der Waals surface area contributed by atoms with Crippen molar-refractivity contribution < 1.29 is 27.2 Å². The molecule has 144 valence electrons. The van der Waals surface area contributed by atoms with Crippen LogP contribution in [0.2, 0.25) is 5.02 Å². The number of rotatable bonds is 6. The Labute approximate surface area is 155 Å². The number of halogens is 5. The van der Waals surface area contributed by atoms with Gasteiger partial charge in [0.25, 0.3) is 5.91 Å². The van der Waals surface area contributed by atoms with Gasteiger partial charge in [0.2, 0.25) is 5.91 Å². The van der Waals surface area contributed by atoms with E-state index >= 15 is 0 Å². The molecular weight excluding hydrogens is 392 g/mol. The number of amides is 2. The van der Waals surface area contributed by atoms with Crippen molar-refractivity contribution in [2.45, 2.75) is 12.6 Å². The Morgan fingerprint density at radius 1 is 1.22 bits per heavy atom. The topological polar surface area (TPSA) is 97.1 Å². The monoisotopic (exact) mass is 404 g/mol. The van der Waals surface area contributed by atoms with E-state index in [9.17, 15) is 27.2 Å². The third-order valence-electron chi connectivity index (χ3n) is 3.33. The number of carbonyl (C=O) groups is 2. The van der Waals surface area contributed by atoms with E-state index in [1.165, 1.54) is 6.07 Å². The molecule has 1 heterocycles. The molecule has 0 radical (unpaired) electrons. The van der Waals surface area contributed by atoms with Crippen molar-refractivity contribution in [2.24, 2.45) is 5.73 Å². The van der Waals surface area contributed by atoms with Crippen molar-refractivity contribution in [3.63, 3.8) is 0 Å². The quantitative estimate of drug-likeness (QED) is 0.642. The van der Waals surface area contributed by atoms with Gasteiger partial charge in [-0.3, -0.25) is 9.59 Å². The van der Waals surface area contributed by atoms with Crippen LogP contribution in [0.4, 0.5) is 29.1 Å². The average molecular weight is 405 g/mol. The van der Waals surface area contributed by atoms with E-state index in [1.807, 2.05) is 0 Å². The van der Waals surface area contributed by atoms with Crippen LogP contribution in [0, 0.1) is 5.82 Å². The molecule has 2 amide bonds. The summed E-state index contributed by atoms with van der Waals surface area (Å²) in [5.74, 6) is -2.29. The van der Waals surface area contributed by atoms with Crippen molar-refractivity contribution in [3.8, 4) is 0 Å². The molecule has 0 fully saturated rings. The summed E-state index contributed by atoms with van der Waals surface area (Å²) < 4.78 is 51.0. The zero-order valence-electron chi connectivity index (χ0n) is 13.5. The van der Waals surface area contributed by atoms with Crippen molar-refractivity contribution in [1.29, 1.82) is 0 Å². The molecule has 11 heteroatoms. The van der Waals surface area contributed by atoms with Gasteiger partial charge in [0.05, 0.1) is 16.1 Å². The van der Waals surface area contributed by atoms with Crippen LogP contribution in [0.3, 0.4) is 0 Å². The van der Waals surface area contributed by atoms with Crippen LogP contribution < -0.4 is 16.4 Å². The number of hydrogen-bond donors (Lipinski definition) is 3. The number of carbonyl (C=O) groups excluding carboxylic acids is 2. The number of benzene rings is 1. The Bertz CT molecular complexity index is 874. The highest BCUT2D eigenvalue weighted by atomic mass is 35.5. The first-order valence-electron chi connectivity index (χ1n) is 7.43. The maximum atomic E-state index is 13.4. The fraction of sp³-hybridized carbons (Fsp3) is 0.188. The normalized spacial score (nSPS) is 11.1. The molecule has 1 aromatic heterocycles. The number of primary amides is 1. The lowest BCUT2D eigenvalue weighted by atomic mass is 10.1. The first kappa shape index (κ1) is 20.4. The summed E-state index contributed by atoms with van der Waals surface area (Å²) in [7, 11) is 0. The maximum absolute atomic E-state index is 13.4. The second-order valence-electron chi connectivity index (χ2n) is 5.34. The van der Waals surface area contributed by atoms with Gasteiger partial charge < -0.3 is 16.4 Å². The summed E-state index contributed by atoms with van der Waals surface area (Å²) in [6.07, 6.45) is -4.03. The van der Waals surface area contributed by atoms with Crippen LogP contribution in [-0.2, 0) is 11.0 Å². The number of nitrogens with zero attached hydrogens (tertiary/aromatic N) is 1. The molecule has 27 heavy (non-hydrogen) atoms. The lowest BCUT2D eigenvalue weighted by Gasteiger charge is -2.11. The summed E-state index contributed by atoms with van der Waals surface area (Å²) in [6, 6.07) is 4.05. The Kier molecular flexibility index (Phi) is 6.21. The molecule has 0 aliphatic heterocycles. The van der Waals surface area contributed by atoms with Gasteiger partial charge in [0.15, 0.2) is 0 Å². The minimum atomic E-state index is -4.56. The zero-order valence-corrected chi connectivity index (χ0v) is 14.3. The Hall–Kier alpha value is -2.88. The van der Waals surface area contributed by atoms with Gasteiger partial charge in [-0.2, -0.15) is 13.2 Å². The predicted molar refractivity (Wildman–Crippen MR) is 90.9 cm³/mol. The first-order chi connectivity index (χ1) is 12.6.